The minimum absolute atomic E-state index is 0.814. The van der Waals surface area contributed by atoms with E-state index < -0.39 is 5.60 Å². The number of aliphatic hydroxyl groups is 1. The smallest absolute Gasteiger partial charge is 0.140 e. The van der Waals surface area contributed by atoms with Gasteiger partial charge in [0.05, 0.1) is 0 Å². The molecule has 0 aliphatic carbocycles. The van der Waals surface area contributed by atoms with Crippen molar-refractivity contribution < 1.29 is 5.11 Å². The van der Waals surface area contributed by atoms with Gasteiger partial charge < -0.3 is 5.11 Å². The van der Waals surface area contributed by atoms with Gasteiger partial charge in [0.25, 0.3) is 0 Å². The number of rotatable bonds is 6. The molecule has 0 radical (unpaired) electrons. The standard InChI is InChI=1S/C28H28O/c1-19(2)22-7-13-25(14-8-22)28(29,26-15-9-23(10-16-26)20(3)4)27-17-11-24(12-18-27)21(5)6/h7-18,29H,1,3,5H2,2,4,6H3. The van der Waals surface area contributed by atoms with Crippen LogP contribution in [0.15, 0.2) is 92.5 Å². The lowest BCUT2D eigenvalue weighted by Crippen LogP contribution is -2.29. The number of hydrogen-bond donors (Lipinski definition) is 1. The van der Waals surface area contributed by atoms with E-state index in [1.807, 2.05) is 93.6 Å². The van der Waals surface area contributed by atoms with Crippen LogP contribution in [0.25, 0.3) is 16.7 Å². The van der Waals surface area contributed by atoms with Gasteiger partial charge in [-0.1, -0.05) is 109 Å². The SMILES string of the molecule is C=C(C)c1ccc(C(O)(c2ccc(C(=C)C)cc2)c2ccc(C(=C)C)cc2)cc1. The van der Waals surface area contributed by atoms with Gasteiger partial charge >= 0.3 is 0 Å². The molecule has 0 bridgehead atoms. The second kappa shape index (κ2) is 8.06. The summed E-state index contributed by atoms with van der Waals surface area (Å²) in [6, 6.07) is 23.9. The maximum absolute atomic E-state index is 12.0. The average molecular weight is 381 g/mol. The van der Waals surface area contributed by atoms with Gasteiger partial charge in [0.1, 0.15) is 5.60 Å². The summed E-state index contributed by atoms with van der Waals surface area (Å²) in [6.07, 6.45) is 0. The zero-order chi connectivity index (χ0) is 21.2. The van der Waals surface area contributed by atoms with Crippen molar-refractivity contribution in [1.82, 2.24) is 0 Å². The van der Waals surface area contributed by atoms with Crippen LogP contribution in [-0.2, 0) is 5.60 Å². The van der Waals surface area contributed by atoms with Crippen LogP contribution in [0, 0.1) is 0 Å². The van der Waals surface area contributed by atoms with Crippen molar-refractivity contribution in [3.63, 3.8) is 0 Å². The highest BCUT2D eigenvalue weighted by Gasteiger charge is 2.33. The summed E-state index contributed by atoms with van der Waals surface area (Å²) in [7, 11) is 0. The number of benzene rings is 3. The molecule has 0 saturated heterocycles. The Labute approximate surface area is 174 Å². The summed E-state index contributed by atoms with van der Waals surface area (Å²) < 4.78 is 0. The minimum atomic E-state index is -1.27. The summed E-state index contributed by atoms with van der Waals surface area (Å²) in [5.41, 5.74) is 7.35. The van der Waals surface area contributed by atoms with Crippen molar-refractivity contribution >= 4 is 16.7 Å². The first-order valence-corrected chi connectivity index (χ1v) is 9.75. The Morgan fingerprint density at radius 1 is 0.517 bits per heavy atom. The van der Waals surface area contributed by atoms with Crippen molar-refractivity contribution in [2.45, 2.75) is 26.4 Å². The Morgan fingerprint density at radius 2 is 0.724 bits per heavy atom. The first-order valence-electron chi connectivity index (χ1n) is 9.75. The van der Waals surface area contributed by atoms with Gasteiger partial charge in [-0.2, -0.15) is 0 Å². The van der Waals surface area contributed by atoms with Crippen molar-refractivity contribution in [2.75, 3.05) is 0 Å². The third kappa shape index (κ3) is 4.01. The highest BCUT2D eigenvalue weighted by atomic mass is 16.3. The van der Waals surface area contributed by atoms with Crippen molar-refractivity contribution in [3.8, 4) is 0 Å². The van der Waals surface area contributed by atoms with Crippen LogP contribution in [-0.4, -0.2) is 5.11 Å². The van der Waals surface area contributed by atoms with Crippen LogP contribution in [0.2, 0.25) is 0 Å². The molecule has 0 heterocycles. The molecule has 29 heavy (non-hydrogen) atoms. The Morgan fingerprint density at radius 3 is 0.897 bits per heavy atom. The fourth-order valence-corrected chi connectivity index (χ4v) is 3.49. The maximum Gasteiger partial charge on any atom is 0.140 e. The fraction of sp³-hybridized carbons (Fsp3) is 0.143. The van der Waals surface area contributed by atoms with Gasteiger partial charge in [-0.25, -0.2) is 0 Å². The van der Waals surface area contributed by atoms with Crippen LogP contribution in [0.4, 0.5) is 0 Å². The fourth-order valence-electron chi connectivity index (χ4n) is 3.49. The quantitative estimate of drug-likeness (QED) is 0.453. The predicted molar refractivity (Wildman–Crippen MR) is 126 cm³/mol. The van der Waals surface area contributed by atoms with E-state index in [9.17, 15) is 5.11 Å². The third-order valence-electron chi connectivity index (χ3n) is 5.39. The molecule has 0 aliphatic heterocycles. The summed E-state index contributed by atoms with van der Waals surface area (Å²) in [5.74, 6) is 0. The van der Waals surface area contributed by atoms with Crippen LogP contribution in [0.1, 0.15) is 54.2 Å². The first-order chi connectivity index (χ1) is 13.7. The molecule has 0 unspecified atom stereocenters. The first kappa shape index (κ1) is 20.6. The molecule has 3 rings (SSSR count). The van der Waals surface area contributed by atoms with E-state index in [0.717, 1.165) is 50.1 Å². The lowest BCUT2D eigenvalue weighted by molar-refractivity contribution is 0.125. The van der Waals surface area contributed by atoms with Gasteiger partial charge in [0.2, 0.25) is 0 Å². The van der Waals surface area contributed by atoms with Crippen molar-refractivity contribution in [2.24, 2.45) is 0 Å². The minimum Gasteiger partial charge on any atom is -0.376 e. The molecular weight excluding hydrogens is 352 g/mol. The van der Waals surface area contributed by atoms with Gasteiger partial charge in [-0.15, -0.1) is 0 Å². The van der Waals surface area contributed by atoms with Crippen LogP contribution in [0.3, 0.4) is 0 Å². The highest BCUT2D eigenvalue weighted by Crippen LogP contribution is 2.38. The lowest BCUT2D eigenvalue weighted by atomic mass is 9.79. The second-order valence-electron chi connectivity index (χ2n) is 7.78. The van der Waals surface area contributed by atoms with E-state index in [1.165, 1.54) is 0 Å². The molecule has 146 valence electrons. The van der Waals surface area contributed by atoms with E-state index in [-0.39, 0.29) is 0 Å². The summed E-state index contributed by atoms with van der Waals surface area (Å²) >= 11 is 0. The summed E-state index contributed by atoms with van der Waals surface area (Å²) in [6.45, 7) is 18.0. The molecule has 0 atom stereocenters. The molecule has 1 N–H and O–H groups in total. The van der Waals surface area contributed by atoms with Crippen molar-refractivity contribution in [1.29, 1.82) is 0 Å². The molecule has 0 fully saturated rings. The molecular formula is C28H28O. The molecule has 1 nitrogen and oxygen atoms in total. The monoisotopic (exact) mass is 380 g/mol. The molecule has 3 aromatic carbocycles. The van der Waals surface area contributed by atoms with E-state index in [0.29, 0.717) is 0 Å². The second-order valence-corrected chi connectivity index (χ2v) is 7.78. The van der Waals surface area contributed by atoms with Gasteiger partial charge in [-0.3, -0.25) is 0 Å². The number of hydrogen-bond acceptors (Lipinski definition) is 1. The predicted octanol–water partition coefficient (Wildman–Crippen LogP) is 7.07. The molecule has 0 saturated carbocycles. The Kier molecular flexibility index (Phi) is 5.72. The average Bonchev–Trinajstić information content (AvgIpc) is 2.73. The number of allylic oxidation sites excluding steroid dienone is 3. The maximum atomic E-state index is 12.0. The van der Waals surface area contributed by atoms with E-state index in [2.05, 4.69) is 19.7 Å². The van der Waals surface area contributed by atoms with Gasteiger partial charge in [0, 0.05) is 0 Å². The van der Waals surface area contributed by atoms with E-state index >= 15 is 0 Å². The Hall–Kier alpha value is -3.16. The van der Waals surface area contributed by atoms with Crippen LogP contribution in [0.5, 0.6) is 0 Å². The van der Waals surface area contributed by atoms with Gasteiger partial charge in [-0.05, 0) is 54.2 Å². The third-order valence-corrected chi connectivity index (χ3v) is 5.39. The lowest BCUT2D eigenvalue weighted by Gasteiger charge is -2.31. The topological polar surface area (TPSA) is 20.2 Å². The van der Waals surface area contributed by atoms with Crippen LogP contribution < -0.4 is 0 Å². The largest absolute Gasteiger partial charge is 0.376 e. The molecule has 0 spiro atoms. The van der Waals surface area contributed by atoms with E-state index in [4.69, 9.17) is 0 Å². The van der Waals surface area contributed by atoms with Crippen molar-refractivity contribution in [3.05, 3.63) is 126 Å². The zero-order valence-corrected chi connectivity index (χ0v) is 17.5. The van der Waals surface area contributed by atoms with E-state index in [1.54, 1.807) is 0 Å². The Bertz CT molecular complexity index is 909. The summed E-state index contributed by atoms with van der Waals surface area (Å²) in [4.78, 5) is 0. The molecule has 3 aromatic rings. The zero-order valence-electron chi connectivity index (χ0n) is 17.5. The Balaban J connectivity index is 2.18. The normalized spacial score (nSPS) is 11.2. The molecule has 0 aromatic heterocycles. The summed E-state index contributed by atoms with van der Waals surface area (Å²) in [5, 5.41) is 12.0. The van der Waals surface area contributed by atoms with Crippen LogP contribution >= 0.6 is 0 Å². The molecule has 0 aliphatic rings. The highest BCUT2D eigenvalue weighted by molar-refractivity contribution is 5.65. The van der Waals surface area contributed by atoms with Gasteiger partial charge in [0.15, 0.2) is 0 Å². The molecule has 1 heteroatoms. The molecule has 0 amide bonds.